The van der Waals surface area contributed by atoms with Crippen LogP contribution in [0.3, 0.4) is 0 Å². The van der Waals surface area contributed by atoms with Crippen molar-refractivity contribution in [1.82, 2.24) is 19.6 Å². The second kappa shape index (κ2) is 6.85. The monoisotopic (exact) mass is 280 g/mol. The molecule has 0 saturated carbocycles. The Morgan fingerprint density at radius 3 is 2.85 bits per heavy atom. The first-order valence-corrected chi connectivity index (χ1v) is 7.11. The second-order valence-electron chi connectivity index (χ2n) is 5.53. The molecule has 1 aliphatic rings. The molecule has 1 atom stereocenters. The number of carbonyl (C=O) groups is 1. The van der Waals surface area contributed by atoms with Crippen LogP contribution in [-0.4, -0.2) is 71.9 Å². The van der Waals surface area contributed by atoms with Crippen molar-refractivity contribution in [3.05, 3.63) is 18.0 Å². The highest BCUT2D eigenvalue weighted by Crippen LogP contribution is 2.15. The van der Waals surface area contributed by atoms with E-state index in [1.165, 1.54) is 0 Å². The van der Waals surface area contributed by atoms with Crippen molar-refractivity contribution in [2.24, 2.45) is 7.05 Å². The minimum Gasteiger partial charge on any atom is -0.376 e. The van der Waals surface area contributed by atoms with Gasteiger partial charge in [0, 0.05) is 39.5 Å². The zero-order valence-corrected chi connectivity index (χ0v) is 12.6. The summed E-state index contributed by atoms with van der Waals surface area (Å²) in [5.41, 5.74) is 0.627. The lowest BCUT2D eigenvalue weighted by molar-refractivity contribution is 0.0504. The molecule has 0 N–H and O–H groups in total. The molecule has 6 nitrogen and oxygen atoms in total. The third-order valence-electron chi connectivity index (χ3n) is 3.59. The minimum atomic E-state index is 0.0300. The van der Waals surface area contributed by atoms with Crippen LogP contribution < -0.4 is 0 Å². The predicted molar refractivity (Wildman–Crippen MR) is 76.6 cm³/mol. The number of aromatic nitrogens is 2. The third-order valence-corrected chi connectivity index (χ3v) is 3.59. The molecule has 1 saturated heterocycles. The molecule has 0 bridgehead atoms. The highest BCUT2D eigenvalue weighted by atomic mass is 16.5. The summed E-state index contributed by atoms with van der Waals surface area (Å²) in [6.45, 7) is 3.02. The van der Waals surface area contributed by atoms with Gasteiger partial charge in [0.25, 0.3) is 5.91 Å². The van der Waals surface area contributed by atoms with Crippen molar-refractivity contribution in [3.63, 3.8) is 0 Å². The maximum absolute atomic E-state index is 12.6. The van der Waals surface area contributed by atoms with Crippen molar-refractivity contribution in [3.8, 4) is 0 Å². The van der Waals surface area contributed by atoms with Crippen LogP contribution in [0.25, 0.3) is 0 Å². The number of nitrogens with zero attached hydrogens (tertiary/aromatic N) is 4. The van der Waals surface area contributed by atoms with E-state index in [1.54, 1.807) is 24.0 Å². The quantitative estimate of drug-likeness (QED) is 0.766. The summed E-state index contributed by atoms with van der Waals surface area (Å²) in [5, 5.41) is 4.07. The fourth-order valence-electron chi connectivity index (χ4n) is 2.38. The van der Waals surface area contributed by atoms with E-state index >= 15 is 0 Å². The Balaban J connectivity index is 2.04. The van der Waals surface area contributed by atoms with E-state index in [4.69, 9.17) is 4.74 Å². The van der Waals surface area contributed by atoms with Crippen LogP contribution in [0, 0.1) is 0 Å². The van der Waals surface area contributed by atoms with Crippen LogP contribution in [0.2, 0.25) is 0 Å². The summed E-state index contributed by atoms with van der Waals surface area (Å²) in [5.74, 6) is 0.0300. The molecule has 1 aliphatic heterocycles. The van der Waals surface area contributed by atoms with Gasteiger partial charge in [0.1, 0.15) is 5.69 Å². The molecule has 0 aliphatic carbocycles. The molecular formula is C14H24N4O2. The van der Waals surface area contributed by atoms with Crippen molar-refractivity contribution < 1.29 is 9.53 Å². The van der Waals surface area contributed by atoms with E-state index < -0.39 is 0 Å². The number of ether oxygens (including phenoxy) is 1. The summed E-state index contributed by atoms with van der Waals surface area (Å²) < 4.78 is 7.28. The van der Waals surface area contributed by atoms with E-state index in [-0.39, 0.29) is 12.0 Å². The van der Waals surface area contributed by atoms with Crippen LogP contribution >= 0.6 is 0 Å². The Bertz CT molecular complexity index is 438. The maximum atomic E-state index is 12.6. The van der Waals surface area contributed by atoms with Gasteiger partial charge in [0.2, 0.25) is 0 Å². The Morgan fingerprint density at radius 1 is 1.50 bits per heavy atom. The van der Waals surface area contributed by atoms with Crippen LogP contribution in [0.15, 0.2) is 12.3 Å². The van der Waals surface area contributed by atoms with E-state index in [1.807, 2.05) is 19.0 Å². The number of carbonyl (C=O) groups excluding carboxylic acids is 1. The van der Waals surface area contributed by atoms with Crippen molar-refractivity contribution >= 4 is 5.91 Å². The molecular weight excluding hydrogens is 256 g/mol. The Kier molecular flexibility index (Phi) is 5.14. The van der Waals surface area contributed by atoms with Crippen LogP contribution in [0.1, 0.15) is 23.3 Å². The molecule has 20 heavy (non-hydrogen) atoms. The normalized spacial score (nSPS) is 18.7. The highest BCUT2D eigenvalue weighted by molar-refractivity contribution is 5.92. The highest BCUT2D eigenvalue weighted by Gasteiger charge is 2.24. The van der Waals surface area contributed by atoms with Gasteiger partial charge in [-0.2, -0.15) is 5.10 Å². The summed E-state index contributed by atoms with van der Waals surface area (Å²) in [4.78, 5) is 16.6. The Morgan fingerprint density at radius 2 is 2.30 bits per heavy atom. The molecule has 1 amide bonds. The molecule has 1 unspecified atom stereocenters. The van der Waals surface area contributed by atoms with Gasteiger partial charge in [0.05, 0.1) is 6.10 Å². The molecule has 0 spiro atoms. The average Bonchev–Trinajstić information content (AvgIpc) is 3.04. The second-order valence-corrected chi connectivity index (χ2v) is 5.53. The first-order chi connectivity index (χ1) is 9.58. The molecule has 6 heteroatoms. The summed E-state index contributed by atoms with van der Waals surface area (Å²) in [6.07, 6.45) is 3.96. The first-order valence-electron chi connectivity index (χ1n) is 7.11. The zero-order valence-electron chi connectivity index (χ0n) is 12.6. The standard InChI is InChI=1S/C14H24N4O2/c1-16(2)8-9-18(11-12-5-4-10-20-12)14(19)13-6-7-15-17(13)3/h6-7,12H,4-5,8-11H2,1-3H3. The van der Waals surface area contributed by atoms with Crippen molar-refractivity contribution in [2.45, 2.75) is 18.9 Å². The molecule has 0 radical (unpaired) electrons. The van der Waals surface area contributed by atoms with E-state index in [0.717, 1.165) is 26.0 Å². The maximum Gasteiger partial charge on any atom is 0.272 e. The zero-order chi connectivity index (χ0) is 14.5. The SMILES string of the molecule is CN(C)CCN(CC1CCCO1)C(=O)c1ccnn1C. The van der Waals surface area contributed by atoms with Crippen LogP contribution in [0.4, 0.5) is 0 Å². The van der Waals surface area contributed by atoms with E-state index in [9.17, 15) is 4.79 Å². The topological polar surface area (TPSA) is 50.6 Å². The van der Waals surface area contributed by atoms with Crippen molar-refractivity contribution in [2.75, 3.05) is 40.3 Å². The van der Waals surface area contributed by atoms with Gasteiger partial charge in [-0.15, -0.1) is 0 Å². The molecule has 2 rings (SSSR count). The number of aryl methyl sites for hydroxylation is 1. The van der Waals surface area contributed by atoms with E-state index in [2.05, 4.69) is 10.00 Å². The van der Waals surface area contributed by atoms with Crippen molar-refractivity contribution in [1.29, 1.82) is 0 Å². The third kappa shape index (κ3) is 3.80. The lowest BCUT2D eigenvalue weighted by Gasteiger charge is -2.26. The molecule has 1 aromatic heterocycles. The predicted octanol–water partition coefficient (Wildman–Crippen LogP) is 0.603. The molecule has 0 aromatic carbocycles. The van der Waals surface area contributed by atoms with Gasteiger partial charge in [-0.05, 0) is 33.0 Å². The smallest absolute Gasteiger partial charge is 0.272 e. The molecule has 1 fully saturated rings. The van der Waals surface area contributed by atoms with Gasteiger partial charge >= 0.3 is 0 Å². The summed E-state index contributed by atoms with van der Waals surface area (Å²) >= 11 is 0. The van der Waals surface area contributed by atoms with Crippen LogP contribution in [0.5, 0.6) is 0 Å². The minimum absolute atomic E-state index is 0.0300. The average molecular weight is 280 g/mol. The molecule has 1 aromatic rings. The largest absolute Gasteiger partial charge is 0.376 e. The van der Waals surface area contributed by atoms with Gasteiger partial charge in [-0.1, -0.05) is 0 Å². The van der Waals surface area contributed by atoms with Gasteiger partial charge < -0.3 is 14.5 Å². The number of hydrogen-bond acceptors (Lipinski definition) is 4. The summed E-state index contributed by atoms with van der Waals surface area (Å²) in [7, 11) is 5.82. The Hall–Kier alpha value is -1.40. The fourth-order valence-corrected chi connectivity index (χ4v) is 2.38. The lowest BCUT2D eigenvalue weighted by Crippen LogP contribution is -2.41. The molecule has 2 heterocycles. The number of amides is 1. The van der Waals surface area contributed by atoms with Gasteiger partial charge in [-0.25, -0.2) is 0 Å². The fraction of sp³-hybridized carbons (Fsp3) is 0.714. The first kappa shape index (κ1) is 15.0. The number of hydrogen-bond donors (Lipinski definition) is 0. The van der Waals surface area contributed by atoms with Gasteiger partial charge in [-0.3, -0.25) is 9.48 Å². The van der Waals surface area contributed by atoms with Gasteiger partial charge in [0.15, 0.2) is 0 Å². The Labute approximate surface area is 120 Å². The summed E-state index contributed by atoms with van der Waals surface area (Å²) in [6, 6.07) is 1.76. The van der Waals surface area contributed by atoms with E-state index in [0.29, 0.717) is 18.8 Å². The van der Waals surface area contributed by atoms with Crippen LogP contribution in [-0.2, 0) is 11.8 Å². The molecule has 112 valence electrons. The number of rotatable bonds is 6. The lowest BCUT2D eigenvalue weighted by atomic mass is 10.2. The number of likely N-dealkylation sites (N-methyl/N-ethyl adjacent to an activating group) is 1.